The van der Waals surface area contributed by atoms with Gasteiger partial charge in [0.1, 0.15) is 13.1 Å². The van der Waals surface area contributed by atoms with Gasteiger partial charge in [-0.05, 0) is 25.0 Å². The van der Waals surface area contributed by atoms with Crippen molar-refractivity contribution in [2.24, 2.45) is 0 Å². The second kappa shape index (κ2) is 12.7. The maximum atomic E-state index is 8.49. The van der Waals surface area contributed by atoms with Crippen molar-refractivity contribution < 1.29 is 66.9 Å². The highest BCUT2D eigenvalue weighted by molar-refractivity contribution is 5.68. The molecule has 0 aliphatic carbocycles. The first-order valence-corrected chi connectivity index (χ1v) is 10.2. The molecule has 0 N–H and O–H groups in total. The molecule has 0 aliphatic heterocycles. The van der Waals surface area contributed by atoms with E-state index in [1.807, 2.05) is 0 Å². The molecular weight excluding hydrogens is 419 g/mol. The number of hydrogen-bond donors (Lipinski definition) is 0. The van der Waals surface area contributed by atoms with Gasteiger partial charge in [0.05, 0.1) is 0 Å². The Kier molecular flexibility index (Phi) is 11.9. The topological polar surface area (TPSA) is 192 Å². The first-order chi connectivity index (χ1) is 12.8. The number of aromatic nitrogens is 2. The van der Waals surface area contributed by atoms with E-state index in [1.165, 1.54) is 11.1 Å². The summed E-state index contributed by atoms with van der Waals surface area (Å²) in [7, 11) is -9.89. The molecule has 0 radical (unpaired) electrons. The number of hydrogen-bond acceptors (Lipinski definition) is 8. The summed E-state index contributed by atoms with van der Waals surface area (Å²) in [6.07, 6.45) is 12.7. The summed E-state index contributed by atoms with van der Waals surface area (Å²) in [5.41, 5.74) is 2.46. The van der Waals surface area contributed by atoms with Crippen molar-refractivity contribution in [3.05, 3.63) is 60.2 Å². The van der Waals surface area contributed by atoms with Crippen LogP contribution in [0.25, 0.3) is 12.2 Å². The Morgan fingerprint density at radius 1 is 0.607 bits per heavy atom. The van der Waals surface area contributed by atoms with Gasteiger partial charge in [-0.2, -0.15) is 0 Å². The quantitative estimate of drug-likeness (QED) is 0.419. The molecular formula is C16H20Cl2N2O8. The van der Waals surface area contributed by atoms with Crippen LogP contribution in [0.3, 0.4) is 0 Å². The number of aryl methyl sites for hydroxylation is 2. The fourth-order valence-electron chi connectivity index (χ4n) is 1.77. The fraction of sp³-hybridized carbons (Fsp3) is 0.250. The van der Waals surface area contributed by atoms with Crippen LogP contribution in [0.4, 0.5) is 0 Å². The molecule has 0 saturated heterocycles. The first-order valence-electron chi connectivity index (χ1n) is 7.71. The van der Waals surface area contributed by atoms with Crippen molar-refractivity contribution >= 4 is 12.2 Å². The van der Waals surface area contributed by atoms with E-state index in [0.29, 0.717) is 0 Å². The Balaban J connectivity index is 0.000000607. The molecule has 2 aromatic heterocycles. The lowest BCUT2D eigenvalue weighted by molar-refractivity contribution is -2.00. The highest BCUT2D eigenvalue weighted by Crippen LogP contribution is 2.05. The second-order valence-electron chi connectivity index (χ2n) is 5.01. The molecule has 0 spiro atoms. The lowest BCUT2D eigenvalue weighted by Gasteiger charge is -2.17. The maximum Gasteiger partial charge on any atom is 0.169 e. The van der Waals surface area contributed by atoms with Crippen molar-refractivity contribution in [3.8, 4) is 0 Å². The summed E-state index contributed by atoms with van der Waals surface area (Å²) >= 11 is 0. The Labute approximate surface area is 166 Å². The smallest absolute Gasteiger partial charge is 0.169 e. The number of pyridine rings is 2. The summed E-state index contributed by atoms with van der Waals surface area (Å²) in [4.78, 5) is 0. The molecule has 10 nitrogen and oxygen atoms in total. The molecule has 0 atom stereocenters. The predicted octanol–water partition coefficient (Wildman–Crippen LogP) is -7.04. The van der Waals surface area contributed by atoms with E-state index in [4.69, 9.17) is 37.3 Å². The van der Waals surface area contributed by atoms with E-state index in [9.17, 15) is 0 Å². The monoisotopic (exact) mass is 438 g/mol. The minimum absolute atomic E-state index is 1.01. The summed E-state index contributed by atoms with van der Waals surface area (Å²) in [6, 6.07) is 8.54. The van der Waals surface area contributed by atoms with Crippen LogP contribution in [0.2, 0.25) is 0 Å². The maximum absolute atomic E-state index is 8.49. The average molecular weight is 439 g/mol. The van der Waals surface area contributed by atoms with E-state index >= 15 is 0 Å². The lowest BCUT2D eigenvalue weighted by atomic mass is 10.2. The molecule has 12 heteroatoms. The van der Waals surface area contributed by atoms with Gasteiger partial charge in [-0.3, -0.25) is 0 Å². The van der Waals surface area contributed by atoms with Gasteiger partial charge in [-0.1, -0.05) is 12.2 Å². The van der Waals surface area contributed by atoms with Gasteiger partial charge >= 0.3 is 0 Å². The summed E-state index contributed by atoms with van der Waals surface area (Å²) in [5.74, 6) is 0. The van der Waals surface area contributed by atoms with Crippen molar-refractivity contribution in [2.45, 2.75) is 26.9 Å². The molecule has 156 valence electrons. The summed E-state index contributed by atoms with van der Waals surface area (Å²) in [6.45, 7) is 6.31. The van der Waals surface area contributed by atoms with E-state index in [-0.39, 0.29) is 0 Å². The van der Waals surface area contributed by atoms with Gasteiger partial charge in [0.15, 0.2) is 24.8 Å². The van der Waals surface area contributed by atoms with Crippen LogP contribution < -0.4 is 46.4 Å². The van der Waals surface area contributed by atoms with Crippen molar-refractivity contribution in [2.75, 3.05) is 0 Å². The minimum atomic E-state index is -4.94. The van der Waals surface area contributed by atoms with Gasteiger partial charge in [0.2, 0.25) is 0 Å². The average Bonchev–Trinajstić information content (AvgIpc) is 2.58. The molecule has 0 aromatic carbocycles. The van der Waals surface area contributed by atoms with Crippen molar-refractivity contribution in [1.29, 1.82) is 0 Å². The summed E-state index contributed by atoms with van der Waals surface area (Å²) in [5, 5.41) is 0. The molecule has 2 heterocycles. The Bertz CT molecular complexity index is 625. The summed E-state index contributed by atoms with van der Waals surface area (Å²) < 4.78 is 72.3. The Hall–Kier alpha value is -1.70. The predicted molar refractivity (Wildman–Crippen MR) is 73.6 cm³/mol. The molecule has 0 saturated carbocycles. The van der Waals surface area contributed by atoms with Crippen LogP contribution in [0.15, 0.2) is 49.1 Å². The van der Waals surface area contributed by atoms with Crippen LogP contribution in [0, 0.1) is 20.5 Å². The van der Waals surface area contributed by atoms with Crippen LogP contribution in [-0.4, -0.2) is 0 Å². The van der Waals surface area contributed by atoms with Crippen LogP contribution in [0.5, 0.6) is 0 Å². The van der Waals surface area contributed by atoms with E-state index in [2.05, 4.69) is 84.2 Å². The van der Waals surface area contributed by atoms with Gasteiger partial charge in [-0.15, -0.1) is 20.5 Å². The number of rotatable bonds is 4. The van der Waals surface area contributed by atoms with Crippen molar-refractivity contribution in [3.63, 3.8) is 0 Å². The zero-order chi connectivity index (χ0) is 21.8. The standard InChI is InChI=1S/C16H20N2.2ClHO4/c1-3-17-11-7-15(8-12-17)5-6-16-9-13-18(4-2)14-10-16;2*2-1(3,4)5/h5-14H,3-4H2,1-2H3;2*(H,2,3,4,5)/q+2;;/p-2. The molecule has 0 amide bonds. The fourth-order valence-corrected chi connectivity index (χ4v) is 1.77. The molecule has 0 aliphatic rings. The number of halogens is 2. The first kappa shape index (κ1) is 26.3. The third-order valence-corrected chi connectivity index (χ3v) is 3.03. The molecule has 2 rings (SSSR count). The van der Waals surface area contributed by atoms with E-state index < -0.39 is 20.5 Å². The van der Waals surface area contributed by atoms with Gasteiger partial charge in [0.25, 0.3) is 0 Å². The molecule has 28 heavy (non-hydrogen) atoms. The molecule has 2 aromatic rings. The van der Waals surface area contributed by atoms with Crippen molar-refractivity contribution in [1.82, 2.24) is 0 Å². The third kappa shape index (κ3) is 17.7. The van der Waals surface area contributed by atoms with E-state index in [0.717, 1.165) is 13.1 Å². The molecule has 0 unspecified atom stereocenters. The van der Waals surface area contributed by atoms with E-state index in [1.54, 1.807) is 0 Å². The molecule has 0 bridgehead atoms. The zero-order valence-corrected chi connectivity index (χ0v) is 16.6. The largest absolute Gasteiger partial charge is 0.222 e. The highest BCUT2D eigenvalue weighted by Gasteiger charge is 1.96. The normalized spacial score (nSPS) is 11.4. The lowest BCUT2D eigenvalue weighted by Crippen LogP contribution is -2.68. The minimum Gasteiger partial charge on any atom is -0.222 e. The number of nitrogens with zero attached hydrogens (tertiary/aromatic N) is 2. The zero-order valence-electron chi connectivity index (χ0n) is 15.1. The molecule has 0 fully saturated rings. The SMILES string of the molecule is CC[n+]1ccc(C=Cc2cc[n+](CC)cc2)cc1.[O-][Cl+3]([O-])([O-])[O-].[O-][Cl+3]([O-])([O-])[O-]. The van der Waals surface area contributed by atoms with Gasteiger partial charge in [0, 0.05) is 24.3 Å². The Morgan fingerprint density at radius 2 is 0.821 bits per heavy atom. The van der Waals surface area contributed by atoms with Gasteiger partial charge in [-0.25, -0.2) is 46.4 Å². The van der Waals surface area contributed by atoms with Gasteiger partial charge < -0.3 is 0 Å². The second-order valence-corrected chi connectivity index (χ2v) is 6.52. The van der Waals surface area contributed by atoms with Crippen LogP contribution in [0.1, 0.15) is 25.0 Å². The van der Waals surface area contributed by atoms with Crippen LogP contribution in [-0.2, 0) is 13.1 Å². The van der Waals surface area contributed by atoms with Crippen LogP contribution >= 0.6 is 0 Å². The Morgan fingerprint density at radius 3 is 1.00 bits per heavy atom. The highest BCUT2D eigenvalue weighted by atomic mass is 35.7. The third-order valence-electron chi connectivity index (χ3n) is 3.03.